The Bertz CT molecular complexity index is 972. The van der Waals surface area contributed by atoms with Gasteiger partial charge < -0.3 is 0 Å². The van der Waals surface area contributed by atoms with E-state index in [1.54, 1.807) is 0 Å². The van der Waals surface area contributed by atoms with Crippen molar-refractivity contribution in [3.8, 4) is 0 Å². The van der Waals surface area contributed by atoms with Gasteiger partial charge in [-0.25, -0.2) is 13.4 Å². The number of benzene rings is 1. The van der Waals surface area contributed by atoms with Gasteiger partial charge in [-0.3, -0.25) is 30.3 Å². The Morgan fingerprint density at radius 3 is 2.04 bits per heavy atom. The molecular formula is C11H6N4O8S. The van der Waals surface area contributed by atoms with Gasteiger partial charge in [-0.15, -0.1) is 0 Å². The van der Waals surface area contributed by atoms with Crippen molar-refractivity contribution in [2.75, 3.05) is 0 Å². The molecule has 1 heterocycles. The summed E-state index contributed by atoms with van der Waals surface area (Å²) in [6.45, 7) is 0. The molecule has 1 aromatic carbocycles. The van der Waals surface area contributed by atoms with Crippen molar-refractivity contribution < 1.29 is 23.2 Å². The predicted molar refractivity (Wildman–Crippen MR) is 76.1 cm³/mol. The minimum Gasteiger partial charge on any atom is -0.258 e. The molecule has 0 bridgehead atoms. The predicted octanol–water partition coefficient (Wildman–Crippen LogP) is 1.64. The first-order chi connectivity index (χ1) is 11.2. The summed E-state index contributed by atoms with van der Waals surface area (Å²) in [6, 6.07) is 3.85. The third-order valence-corrected chi connectivity index (χ3v) is 4.59. The lowest BCUT2D eigenvalue weighted by Crippen LogP contribution is -2.10. The molecule has 0 fully saturated rings. The molecule has 2 rings (SSSR count). The summed E-state index contributed by atoms with van der Waals surface area (Å²) in [5.41, 5.74) is -2.65. The standard InChI is InChI=1S/C11H6N4O8S/c16-13(17)7-3-4-10(9(6-7)15(20)21)24(22,23)11-8(14(18)19)2-1-5-12-11/h1-6H. The van der Waals surface area contributed by atoms with Gasteiger partial charge in [0.15, 0.2) is 4.90 Å². The minimum atomic E-state index is -4.75. The molecular weight excluding hydrogens is 348 g/mol. The van der Waals surface area contributed by atoms with Gasteiger partial charge in [0, 0.05) is 18.3 Å². The fourth-order valence-electron chi connectivity index (χ4n) is 1.82. The fourth-order valence-corrected chi connectivity index (χ4v) is 3.30. The molecule has 13 heteroatoms. The summed E-state index contributed by atoms with van der Waals surface area (Å²) < 4.78 is 25.0. The molecule has 0 saturated heterocycles. The normalized spacial score (nSPS) is 11.0. The first-order valence-electron chi connectivity index (χ1n) is 5.93. The molecule has 124 valence electrons. The summed E-state index contributed by atoms with van der Waals surface area (Å²) in [6.07, 6.45) is 0.969. The summed E-state index contributed by atoms with van der Waals surface area (Å²) >= 11 is 0. The third kappa shape index (κ3) is 2.87. The monoisotopic (exact) mass is 354 g/mol. The largest absolute Gasteiger partial charge is 0.306 e. The Labute approximate surface area is 132 Å². The number of aromatic nitrogens is 1. The topological polar surface area (TPSA) is 176 Å². The highest BCUT2D eigenvalue weighted by atomic mass is 32.2. The van der Waals surface area contributed by atoms with Crippen LogP contribution < -0.4 is 0 Å². The van der Waals surface area contributed by atoms with Crippen LogP contribution in [-0.4, -0.2) is 28.2 Å². The van der Waals surface area contributed by atoms with E-state index >= 15 is 0 Å². The molecule has 0 aliphatic heterocycles. The van der Waals surface area contributed by atoms with E-state index in [0.717, 1.165) is 24.4 Å². The highest BCUT2D eigenvalue weighted by molar-refractivity contribution is 7.91. The molecule has 0 saturated carbocycles. The number of non-ortho nitro benzene ring substituents is 1. The van der Waals surface area contributed by atoms with E-state index in [9.17, 15) is 38.8 Å². The molecule has 0 atom stereocenters. The number of rotatable bonds is 5. The van der Waals surface area contributed by atoms with Gasteiger partial charge in [0.25, 0.3) is 11.4 Å². The lowest BCUT2D eigenvalue weighted by Gasteiger charge is -2.05. The number of hydrogen-bond donors (Lipinski definition) is 0. The second-order valence-corrected chi connectivity index (χ2v) is 6.09. The van der Waals surface area contributed by atoms with E-state index < -0.39 is 51.6 Å². The number of sulfone groups is 1. The number of pyridine rings is 1. The van der Waals surface area contributed by atoms with E-state index in [2.05, 4.69) is 4.98 Å². The molecule has 0 unspecified atom stereocenters. The Balaban J connectivity index is 2.78. The lowest BCUT2D eigenvalue weighted by atomic mass is 10.3. The van der Waals surface area contributed by atoms with Crippen LogP contribution >= 0.6 is 0 Å². The molecule has 0 spiro atoms. The highest BCUT2D eigenvalue weighted by Gasteiger charge is 2.35. The Morgan fingerprint density at radius 2 is 1.50 bits per heavy atom. The average Bonchev–Trinajstić information content (AvgIpc) is 2.54. The fraction of sp³-hybridized carbons (Fsp3) is 0. The first-order valence-corrected chi connectivity index (χ1v) is 7.42. The van der Waals surface area contributed by atoms with E-state index in [0.29, 0.717) is 12.1 Å². The number of nitro benzene ring substituents is 2. The van der Waals surface area contributed by atoms with Gasteiger partial charge in [-0.1, -0.05) is 0 Å². The zero-order valence-corrected chi connectivity index (χ0v) is 12.2. The SMILES string of the molecule is O=[N+]([O-])c1ccc(S(=O)(=O)c2ncccc2[N+](=O)[O-])c([N+](=O)[O-])c1. The summed E-state index contributed by atoms with van der Waals surface area (Å²) in [5.74, 6) is 0. The number of nitro groups is 3. The molecule has 12 nitrogen and oxygen atoms in total. The molecule has 1 aromatic heterocycles. The minimum absolute atomic E-state index is 0.460. The van der Waals surface area contributed by atoms with Gasteiger partial charge in [0.2, 0.25) is 14.9 Å². The van der Waals surface area contributed by atoms with Crippen LogP contribution in [-0.2, 0) is 9.84 Å². The van der Waals surface area contributed by atoms with Gasteiger partial charge in [0.1, 0.15) is 0 Å². The lowest BCUT2D eigenvalue weighted by molar-refractivity contribution is -0.396. The number of hydrogen-bond acceptors (Lipinski definition) is 9. The van der Waals surface area contributed by atoms with Crippen LogP contribution in [0.2, 0.25) is 0 Å². The van der Waals surface area contributed by atoms with Crippen molar-refractivity contribution in [1.82, 2.24) is 4.98 Å². The second kappa shape index (κ2) is 5.96. The molecule has 0 aliphatic rings. The first kappa shape index (κ1) is 16.9. The van der Waals surface area contributed by atoms with Crippen LogP contribution in [0.25, 0.3) is 0 Å². The van der Waals surface area contributed by atoms with Crippen LogP contribution in [0, 0.1) is 30.3 Å². The Hall–Kier alpha value is -3.48. The maximum absolute atomic E-state index is 12.5. The van der Waals surface area contributed by atoms with Crippen molar-refractivity contribution in [3.63, 3.8) is 0 Å². The van der Waals surface area contributed by atoms with Crippen LogP contribution in [0.3, 0.4) is 0 Å². The van der Waals surface area contributed by atoms with E-state index in [4.69, 9.17) is 0 Å². The van der Waals surface area contributed by atoms with Crippen molar-refractivity contribution in [2.45, 2.75) is 9.92 Å². The van der Waals surface area contributed by atoms with Gasteiger partial charge in [-0.05, 0) is 12.1 Å². The van der Waals surface area contributed by atoms with E-state index in [-0.39, 0.29) is 0 Å². The third-order valence-electron chi connectivity index (χ3n) is 2.84. The Morgan fingerprint density at radius 1 is 0.875 bits per heavy atom. The maximum Gasteiger partial charge on any atom is 0.306 e. The van der Waals surface area contributed by atoms with Crippen molar-refractivity contribution in [3.05, 3.63) is 66.9 Å². The van der Waals surface area contributed by atoms with Crippen molar-refractivity contribution in [1.29, 1.82) is 0 Å². The van der Waals surface area contributed by atoms with Crippen LogP contribution in [0.4, 0.5) is 17.1 Å². The van der Waals surface area contributed by atoms with E-state index in [1.807, 2.05) is 0 Å². The van der Waals surface area contributed by atoms with Crippen LogP contribution in [0.1, 0.15) is 0 Å². The van der Waals surface area contributed by atoms with Gasteiger partial charge in [-0.2, -0.15) is 0 Å². The second-order valence-electron chi connectivity index (χ2n) is 4.25. The zero-order valence-electron chi connectivity index (χ0n) is 11.4. The highest BCUT2D eigenvalue weighted by Crippen LogP contribution is 2.34. The molecule has 0 amide bonds. The molecule has 0 N–H and O–H groups in total. The van der Waals surface area contributed by atoms with Crippen molar-refractivity contribution >= 4 is 26.9 Å². The quantitative estimate of drug-likeness (QED) is 0.570. The maximum atomic E-state index is 12.5. The van der Waals surface area contributed by atoms with Crippen LogP contribution in [0.15, 0.2) is 46.5 Å². The van der Waals surface area contributed by atoms with E-state index in [1.165, 1.54) is 0 Å². The zero-order chi connectivity index (χ0) is 18.1. The summed E-state index contributed by atoms with van der Waals surface area (Å²) in [5, 5.41) is 31.7. The average molecular weight is 354 g/mol. The smallest absolute Gasteiger partial charge is 0.258 e. The summed E-state index contributed by atoms with van der Waals surface area (Å²) in [7, 11) is -4.75. The summed E-state index contributed by atoms with van der Waals surface area (Å²) in [4.78, 5) is 32.1. The van der Waals surface area contributed by atoms with Gasteiger partial charge in [0.05, 0.1) is 20.8 Å². The number of nitrogens with zero attached hydrogens (tertiary/aromatic N) is 4. The molecule has 24 heavy (non-hydrogen) atoms. The molecule has 0 radical (unpaired) electrons. The molecule has 2 aromatic rings. The Kier molecular flexibility index (Phi) is 4.19. The molecule has 0 aliphatic carbocycles. The van der Waals surface area contributed by atoms with Crippen LogP contribution in [0.5, 0.6) is 0 Å². The van der Waals surface area contributed by atoms with Crippen molar-refractivity contribution in [2.24, 2.45) is 0 Å². The van der Waals surface area contributed by atoms with Gasteiger partial charge >= 0.3 is 5.69 Å².